The van der Waals surface area contributed by atoms with Crippen LogP contribution in [0.25, 0.3) is 11.0 Å². The maximum atomic E-state index is 13.7. The summed E-state index contributed by atoms with van der Waals surface area (Å²) in [6.07, 6.45) is 8.16. The number of hydrogen-bond donors (Lipinski definition) is 1. The molecule has 0 bridgehead atoms. The Morgan fingerprint density at radius 2 is 1.57 bits per heavy atom. The van der Waals surface area contributed by atoms with Crippen molar-refractivity contribution < 1.29 is 19.0 Å². The highest BCUT2D eigenvalue weighted by Gasteiger charge is 2.43. The molecule has 0 spiro atoms. The molecule has 4 heterocycles. The number of para-hydroxylation sites is 2. The fourth-order valence-electron chi connectivity index (χ4n) is 7.96. The number of fused-ring (bicyclic) bond motifs is 1. The molecule has 3 aromatic carbocycles. The summed E-state index contributed by atoms with van der Waals surface area (Å²) >= 11 is 0. The number of methoxy groups -OCH3 is 3. The number of nitrogens with one attached hydrogen (secondary N) is 1. The second kappa shape index (κ2) is 15.4. The van der Waals surface area contributed by atoms with Crippen LogP contribution >= 0.6 is 0 Å². The van der Waals surface area contributed by atoms with E-state index >= 15 is 0 Å². The number of carbonyl (C=O) groups excluding carboxylic acids is 1. The van der Waals surface area contributed by atoms with Gasteiger partial charge < -0.3 is 33.9 Å². The van der Waals surface area contributed by atoms with Crippen LogP contribution in [-0.2, 0) is 24.3 Å². The molecule has 266 valence electrons. The van der Waals surface area contributed by atoms with E-state index in [1.807, 2.05) is 41.6 Å². The van der Waals surface area contributed by atoms with Gasteiger partial charge in [0.1, 0.15) is 0 Å². The van der Waals surface area contributed by atoms with Crippen molar-refractivity contribution in [2.75, 3.05) is 52.4 Å². The minimum Gasteiger partial charge on any atom is -0.493 e. The molecule has 1 N–H and O–H groups in total. The molecule has 1 atom stereocenters. The zero-order valence-corrected chi connectivity index (χ0v) is 29.9. The fraction of sp³-hybridized carbons (Fsp3) is 0.390. The molecule has 0 radical (unpaired) electrons. The zero-order valence-electron chi connectivity index (χ0n) is 29.9. The van der Waals surface area contributed by atoms with Gasteiger partial charge in [0.25, 0.3) is 0 Å². The highest BCUT2D eigenvalue weighted by Crippen LogP contribution is 2.42. The van der Waals surface area contributed by atoms with Crippen LogP contribution in [0.1, 0.15) is 42.4 Å². The minimum absolute atomic E-state index is 0.155. The van der Waals surface area contributed by atoms with Crippen LogP contribution in [0.15, 0.2) is 91.3 Å². The van der Waals surface area contributed by atoms with Gasteiger partial charge in [-0.2, -0.15) is 0 Å². The molecule has 2 aromatic heterocycles. The molecule has 2 aliphatic heterocycles. The summed E-state index contributed by atoms with van der Waals surface area (Å²) in [5, 5.41) is 0. The van der Waals surface area contributed by atoms with E-state index in [0.717, 1.165) is 74.4 Å². The van der Waals surface area contributed by atoms with Crippen LogP contribution in [0.5, 0.6) is 17.2 Å². The van der Waals surface area contributed by atoms with E-state index in [1.54, 1.807) is 21.3 Å². The number of rotatable bonds is 14. The van der Waals surface area contributed by atoms with Gasteiger partial charge in [0.2, 0.25) is 17.6 Å². The predicted octanol–water partition coefficient (Wildman–Crippen LogP) is 6.51. The number of anilines is 1. The van der Waals surface area contributed by atoms with Gasteiger partial charge in [-0.05, 0) is 85.3 Å². The van der Waals surface area contributed by atoms with Crippen molar-refractivity contribution in [2.24, 2.45) is 5.41 Å². The molecule has 7 rings (SSSR count). The van der Waals surface area contributed by atoms with Crippen molar-refractivity contribution in [3.63, 3.8) is 0 Å². The number of hydrogen-bond acceptors (Lipinski definition) is 8. The summed E-state index contributed by atoms with van der Waals surface area (Å²) in [5.74, 6) is 2.85. The van der Waals surface area contributed by atoms with E-state index in [0.29, 0.717) is 42.8 Å². The maximum absolute atomic E-state index is 13.7. The smallest absolute Gasteiger partial charge is 0.223 e. The van der Waals surface area contributed by atoms with Crippen molar-refractivity contribution >= 4 is 22.9 Å². The molecule has 10 heteroatoms. The van der Waals surface area contributed by atoms with E-state index in [2.05, 4.69) is 74.4 Å². The predicted molar refractivity (Wildman–Crippen MR) is 199 cm³/mol. The number of H-pyrrole nitrogens is 1. The Hall–Kier alpha value is -5.09. The zero-order chi connectivity index (χ0) is 35.2. The van der Waals surface area contributed by atoms with Gasteiger partial charge >= 0.3 is 0 Å². The number of nitrogens with zero attached hydrogens (tertiary/aromatic N) is 5. The van der Waals surface area contributed by atoms with Gasteiger partial charge in [-0.15, -0.1) is 0 Å². The van der Waals surface area contributed by atoms with Crippen molar-refractivity contribution in [1.29, 1.82) is 0 Å². The Bertz CT molecular complexity index is 1850. The highest BCUT2D eigenvalue weighted by molar-refractivity contribution is 5.80. The van der Waals surface area contributed by atoms with Crippen molar-refractivity contribution in [2.45, 2.75) is 51.2 Å². The average Bonchev–Trinajstić information content (AvgIpc) is 3.73. The maximum Gasteiger partial charge on any atom is 0.223 e. The molecule has 2 aliphatic rings. The lowest BCUT2D eigenvalue weighted by Gasteiger charge is -2.40. The first-order valence-electron chi connectivity index (χ1n) is 17.9. The van der Waals surface area contributed by atoms with Gasteiger partial charge in [0.15, 0.2) is 11.5 Å². The molecule has 5 aromatic rings. The first-order valence-corrected chi connectivity index (χ1v) is 17.9. The SMILES string of the molecule is COc1cc(CN2CC(CCN3CCC(N(Cc4ccncc4)c4nc5ccccc5[nH]4)CC3)(Cc3ccccc3)CC2=O)cc(OC)c1OC. The molecular formula is C41H48N6O4. The Morgan fingerprint density at radius 3 is 2.25 bits per heavy atom. The average molecular weight is 689 g/mol. The summed E-state index contributed by atoms with van der Waals surface area (Å²) in [7, 11) is 4.84. The van der Waals surface area contributed by atoms with Crippen molar-refractivity contribution in [1.82, 2.24) is 24.8 Å². The van der Waals surface area contributed by atoms with E-state index < -0.39 is 0 Å². The standard InChI is InChI=1S/C41H48N6O4/c1-49-36-23-32(24-37(50-2)39(36)51-3)27-46-29-41(26-38(46)48,25-30-9-5-4-6-10-30)17-22-45-20-15-33(16-21-45)47(28-31-13-18-42-19-14-31)40-43-34-11-7-8-12-35(34)44-40/h4-14,18-19,23-24,33H,15-17,20-22,25-29H2,1-3H3,(H,43,44). The first kappa shape index (κ1) is 34.4. The van der Waals surface area contributed by atoms with Crippen molar-refractivity contribution in [3.8, 4) is 17.2 Å². The Morgan fingerprint density at radius 1 is 0.863 bits per heavy atom. The minimum atomic E-state index is -0.155. The van der Waals surface area contributed by atoms with E-state index in [1.165, 1.54) is 11.1 Å². The fourth-order valence-corrected chi connectivity index (χ4v) is 7.96. The molecule has 2 saturated heterocycles. The second-order valence-electron chi connectivity index (χ2n) is 14.0. The lowest BCUT2D eigenvalue weighted by Crippen LogP contribution is -2.46. The third-order valence-corrected chi connectivity index (χ3v) is 10.6. The summed E-state index contributed by atoms with van der Waals surface area (Å²) in [4.78, 5) is 33.6. The highest BCUT2D eigenvalue weighted by atomic mass is 16.5. The van der Waals surface area contributed by atoms with E-state index in [4.69, 9.17) is 19.2 Å². The van der Waals surface area contributed by atoms with Crippen LogP contribution in [-0.4, -0.2) is 84.2 Å². The Kier molecular flexibility index (Phi) is 10.4. The van der Waals surface area contributed by atoms with Crippen LogP contribution in [0, 0.1) is 5.41 Å². The molecule has 51 heavy (non-hydrogen) atoms. The normalized spacial score (nSPS) is 18.3. The number of carbonyl (C=O) groups is 1. The van der Waals surface area contributed by atoms with Crippen molar-refractivity contribution in [3.05, 3.63) is 108 Å². The third-order valence-electron chi connectivity index (χ3n) is 10.6. The number of likely N-dealkylation sites (tertiary alicyclic amines) is 2. The number of piperidine rings is 1. The number of pyridine rings is 1. The van der Waals surface area contributed by atoms with Crippen LogP contribution in [0.2, 0.25) is 0 Å². The number of aromatic amines is 1. The molecule has 0 saturated carbocycles. The summed E-state index contributed by atoms with van der Waals surface area (Å²) < 4.78 is 16.7. The molecular weight excluding hydrogens is 640 g/mol. The Labute approximate surface area is 300 Å². The second-order valence-corrected chi connectivity index (χ2v) is 14.0. The molecule has 1 unspecified atom stereocenters. The summed E-state index contributed by atoms with van der Waals surface area (Å²) in [6.45, 7) is 4.94. The third kappa shape index (κ3) is 7.81. The van der Waals surface area contributed by atoms with E-state index in [-0.39, 0.29) is 11.3 Å². The van der Waals surface area contributed by atoms with Gasteiger partial charge in [0.05, 0.1) is 32.4 Å². The van der Waals surface area contributed by atoms with Crippen LogP contribution < -0.4 is 19.1 Å². The van der Waals surface area contributed by atoms with Crippen LogP contribution in [0.4, 0.5) is 5.95 Å². The lowest BCUT2D eigenvalue weighted by molar-refractivity contribution is -0.128. The monoisotopic (exact) mass is 688 g/mol. The number of amides is 1. The number of ether oxygens (including phenoxy) is 3. The van der Waals surface area contributed by atoms with Crippen LogP contribution in [0.3, 0.4) is 0 Å². The molecule has 10 nitrogen and oxygen atoms in total. The number of benzene rings is 3. The van der Waals surface area contributed by atoms with Gasteiger partial charge in [0, 0.05) is 63.0 Å². The van der Waals surface area contributed by atoms with E-state index in [9.17, 15) is 4.79 Å². The molecule has 0 aliphatic carbocycles. The summed E-state index contributed by atoms with van der Waals surface area (Å²) in [5.41, 5.74) is 5.33. The Balaban J connectivity index is 1.04. The first-order chi connectivity index (χ1) is 25.0. The number of imidazole rings is 1. The molecule has 2 fully saturated rings. The topological polar surface area (TPSA) is 96.1 Å². The largest absolute Gasteiger partial charge is 0.493 e. The quantitative estimate of drug-likeness (QED) is 0.141. The van der Waals surface area contributed by atoms with Gasteiger partial charge in [-0.25, -0.2) is 4.98 Å². The van der Waals surface area contributed by atoms with Gasteiger partial charge in [-0.1, -0.05) is 42.5 Å². The lowest BCUT2D eigenvalue weighted by atomic mass is 9.77. The number of aromatic nitrogens is 3. The van der Waals surface area contributed by atoms with Gasteiger partial charge in [-0.3, -0.25) is 9.78 Å². The summed E-state index contributed by atoms with van der Waals surface area (Å²) in [6, 6.07) is 27.3. The molecule has 1 amide bonds.